The largest absolute Gasteiger partial charge is 0.497 e. The number of carbonyl (C=O) groups is 1. The molecule has 2 rings (SSSR count). The second-order valence-electron chi connectivity index (χ2n) is 4.78. The van der Waals surface area contributed by atoms with Gasteiger partial charge in [-0.3, -0.25) is 4.79 Å². The minimum Gasteiger partial charge on any atom is -0.497 e. The quantitative estimate of drug-likeness (QED) is 0.875. The van der Waals surface area contributed by atoms with Crippen molar-refractivity contribution in [1.82, 2.24) is 10.2 Å². The van der Waals surface area contributed by atoms with Crippen LogP contribution in [-0.2, 0) is 0 Å². The minimum absolute atomic E-state index is 0.0563. The number of hydrogen-bond donors (Lipinski definition) is 1. The molecule has 1 atom stereocenters. The predicted octanol–water partition coefficient (Wildman–Crippen LogP) is 1.38. The lowest BCUT2D eigenvalue weighted by molar-refractivity contribution is 0.0775. The number of nitrogens with zero attached hydrogens (tertiary/aromatic N) is 1. The Bertz CT molecular complexity index is 414. The van der Waals surface area contributed by atoms with Crippen molar-refractivity contribution >= 4 is 5.91 Å². The van der Waals surface area contributed by atoms with E-state index in [-0.39, 0.29) is 5.91 Å². The van der Waals surface area contributed by atoms with Crippen LogP contribution in [0.2, 0.25) is 0 Å². The van der Waals surface area contributed by atoms with E-state index in [1.54, 1.807) is 18.1 Å². The fraction of sp³-hybridized carbons (Fsp3) is 0.500. The third-order valence-corrected chi connectivity index (χ3v) is 3.36. The highest BCUT2D eigenvalue weighted by Gasteiger charge is 2.20. The van der Waals surface area contributed by atoms with E-state index in [1.165, 1.54) is 0 Å². The lowest BCUT2D eigenvalue weighted by Gasteiger charge is -2.21. The highest BCUT2D eigenvalue weighted by atomic mass is 16.5. The molecule has 1 aliphatic rings. The summed E-state index contributed by atoms with van der Waals surface area (Å²) in [5.41, 5.74) is 0.683. The Labute approximate surface area is 108 Å². The van der Waals surface area contributed by atoms with Crippen LogP contribution < -0.4 is 10.1 Å². The molecule has 1 heterocycles. The van der Waals surface area contributed by atoms with Crippen LogP contribution >= 0.6 is 0 Å². The van der Waals surface area contributed by atoms with Crippen molar-refractivity contribution in [3.8, 4) is 5.75 Å². The van der Waals surface area contributed by atoms with E-state index >= 15 is 0 Å². The van der Waals surface area contributed by atoms with E-state index in [0.717, 1.165) is 31.8 Å². The lowest BCUT2D eigenvalue weighted by atomic mass is 10.1. The first-order valence-corrected chi connectivity index (χ1v) is 6.31. The van der Waals surface area contributed by atoms with Gasteiger partial charge in [-0.15, -0.1) is 0 Å². The van der Waals surface area contributed by atoms with Gasteiger partial charge in [-0.25, -0.2) is 0 Å². The SMILES string of the molecule is COc1cccc(C(=O)N(C)CC2CCNC2)c1. The Balaban J connectivity index is 2.00. The summed E-state index contributed by atoms with van der Waals surface area (Å²) in [6.45, 7) is 2.88. The molecule has 1 unspecified atom stereocenters. The van der Waals surface area contributed by atoms with E-state index in [2.05, 4.69) is 5.32 Å². The second-order valence-corrected chi connectivity index (χ2v) is 4.78. The van der Waals surface area contributed by atoms with Crippen LogP contribution in [0.3, 0.4) is 0 Å². The van der Waals surface area contributed by atoms with E-state index in [1.807, 2.05) is 25.2 Å². The third kappa shape index (κ3) is 3.01. The van der Waals surface area contributed by atoms with Crippen LogP contribution in [-0.4, -0.2) is 44.6 Å². The molecule has 0 spiro atoms. The molecule has 1 aliphatic heterocycles. The maximum absolute atomic E-state index is 12.3. The summed E-state index contributed by atoms with van der Waals surface area (Å²) in [5, 5.41) is 3.32. The number of ether oxygens (including phenoxy) is 1. The Kier molecular flexibility index (Phi) is 4.20. The standard InChI is InChI=1S/C14H20N2O2/c1-16(10-11-6-7-15-9-11)14(17)12-4-3-5-13(8-12)18-2/h3-5,8,11,15H,6-7,9-10H2,1-2H3. The van der Waals surface area contributed by atoms with Gasteiger partial charge in [0, 0.05) is 19.2 Å². The molecule has 4 heteroatoms. The number of hydrogen-bond acceptors (Lipinski definition) is 3. The van der Waals surface area contributed by atoms with Crippen LogP contribution in [0.25, 0.3) is 0 Å². The molecule has 0 radical (unpaired) electrons. The maximum atomic E-state index is 12.3. The van der Waals surface area contributed by atoms with Crippen molar-refractivity contribution in [2.24, 2.45) is 5.92 Å². The van der Waals surface area contributed by atoms with Crippen LogP contribution in [0.5, 0.6) is 5.75 Å². The van der Waals surface area contributed by atoms with Crippen molar-refractivity contribution in [1.29, 1.82) is 0 Å². The summed E-state index contributed by atoms with van der Waals surface area (Å²) in [6.07, 6.45) is 1.15. The van der Waals surface area contributed by atoms with Gasteiger partial charge in [-0.1, -0.05) is 6.07 Å². The fourth-order valence-corrected chi connectivity index (χ4v) is 2.32. The topological polar surface area (TPSA) is 41.6 Å². The van der Waals surface area contributed by atoms with Gasteiger partial charge < -0.3 is 15.0 Å². The fourth-order valence-electron chi connectivity index (χ4n) is 2.32. The van der Waals surface area contributed by atoms with E-state index < -0.39 is 0 Å². The summed E-state index contributed by atoms with van der Waals surface area (Å²) >= 11 is 0. The molecule has 0 aliphatic carbocycles. The maximum Gasteiger partial charge on any atom is 0.253 e. The van der Waals surface area contributed by atoms with Crippen molar-refractivity contribution < 1.29 is 9.53 Å². The summed E-state index contributed by atoms with van der Waals surface area (Å²) in [5.74, 6) is 1.35. The summed E-state index contributed by atoms with van der Waals surface area (Å²) in [6, 6.07) is 7.30. The van der Waals surface area contributed by atoms with Crippen LogP contribution in [0.4, 0.5) is 0 Å². The molecule has 4 nitrogen and oxygen atoms in total. The van der Waals surface area contributed by atoms with Gasteiger partial charge in [0.05, 0.1) is 7.11 Å². The number of benzene rings is 1. The van der Waals surface area contributed by atoms with Crippen molar-refractivity contribution in [2.45, 2.75) is 6.42 Å². The average Bonchev–Trinajstić information content (AvgIpc) is 2.90. The van der Waals surface area contributed by atoms with Gasteiger partial charge in [0.25, 0.3) is 5.91 Å². The van der Waals surface area contributed by atoms with Gasteiger partial charge in [0.2, 0.25) is 0 Å². The molecule has 1 saturated heterocycles. The molecule has 1 aromatic carbocycles. The Morgan fingerprint density at radius 1 is 1.56 bits per heavy atom. The van der Waals surface area contributed by atoms with Crippen molar-refractivity contribution in [2.75, 3.05) is 33.8 Å². The Morgan fingerprint density at radius 3 is 3.06 bits per heavy atom. The van der Waals surface area contributed by atoms with Gasteiger partial charge >= 0.3 is 0 Å². The molecule has 0 bridgehead atoms. The second kappa shape index (κ2) is 5.87. The first-order chi connectivity index (χ1) is 8.70. The first-order valence-electron chi connectivity index (χ1n) is 6.31. The summed E-state index contributed by atoms with van der Waals surface area (Å²) in [7, 11) is 3.47. The highest BCUT2D eigenvalue weighted by Crippen LogP contribution is 2.15. The molecule has 1 fully saturated rings. The summed E-state index contributed by atoms with van der Waals surface area (Å²) < 4.78 is 5.14. The normalized spacial score (nSPS) is 18.7. The zero-order valence-corrected chi connectivity index (χ0v) is 11.0. The van der Waals surface area contributed by atoms with Crippen molar-refractivity contribution in [3.05, 3.63) is 29.8 Å². The van der Waals surface area contributed by atoms with Gasteiger partial charge in [-0.05, 0) is 43.6 Å². The molecular formula is C14H20N2O2. The predicted molar refractivity (Wildman–Crippen MR) is 70.9 cm³/mol. The summed E-state index contributed by atoms with van der Waals surface area (Å²) in [4.78, 5) is 14.0. The van der Waals surface area contributed by atoms with E-state index in [4.69, 9.17) is 4.74 Å². The lowest BCUT2D eigenvalue weighted by Crippen LogP contribution is -2.32. The Morgan fingerprint density at radius 2 is 2.39 bits per heavy atom. The van der Waals surface area contributed by atoms with Crippen LogP contribution in [0, 0.1) is 5.92 Å². The number of rotatable bonds is 4. The Hall–Kier alpha value is -1.55. The van der Waals surface area contributed by atoms with Gasteiger partial charge in [0.15, 0.2) is 0 Å². The number of carbonyl (C=O) groups excluding carboxylic acids is 1. The molecule has 0 aromatic heterocycles. The minimum atomic E-state index is 0.0563. The van der Waals surface area contributed by atoms with Gasteiger partial charge in [0.1, 0.15) is 5.75 Å². The molecule has 1 aromatic rings. The number of amides is 1. The van der Waals surface area contributed by atoms with Gasteiger partial charge in [-0.2, -0.15) is 0 Å². The van der Waals surface area contributed by atoms with Crippen LogP contribution in [0.15, 0.2) is 24.3 Å². The highest BCUT2D eigenvalue weighted by molar-refractivity contribution is 5.94. The van der Waals surface area contributed by atoms with Crippen molar-refractivity contribution in [3.63, 3.8) is 0 Å². The zero-order valence-electron chi connectivity index (χ0n) is 11.0. The molecular weight excluding hydrogens is 228 g/mol. The molecule has 1 N–H and O–H groups in total. The number of methoxy groups -OCH3 is 1. The third-order valence-electron chi connectivity index (χ3n) is 3.36. The number of nitrogens with one attached hydrogen (secondary N) is 1. The zero-order chi connectivity index (χ0) is 13.0. The molecule has 1 amide bonds. The molecule has 0 saturated carbocycles. The molecule has 98 valence electrons. The van der Waals surface area contributed by atoms with E-state index in [0.29, 0.717) is 11.5 Å². The monoisotopic (exact) mass is 248 g/mol. The molecule has 18 heavy (non-hydrogen) atoms. The first kappa shape index (κ1) is 12.9. The van der Waals surface area contributed by atoms with E-state index in [9.17, 15) is 4.79 Å². The van der Waals surface area contributed by atoms with Crippen LogP contribution in [0.1, 0.15) is 16.8 Å². The average molecular weight is 248 g/mol. The smallest absolute Gasteiger partial charge is 0.253 e.